The van der Waals surface area contributed by atoms with Crippen LogP contribution >= 0.6 is 35.8 Å². The number of nitrogens with two attached hydrogens (primary N) is 1. The number of rotatable bonds is 4. The molecule has 1 aliphatic heterocycles. The van der Waals surface area contributed by atoms with Crippen molar-refractivity contribution in [3.63, 3.8) is 0 Å². The van der Waals surface area contributed by atoms with Crippen LogP contribution in [0.15, 0.2) is 23.1 Å². The second kappa shape index (κ2) is 7.59. The van der Waals surface area contributed by atoms with Gasteiger partial charge in [0.1, 0.15) is 5.02 Å². The van der Waals surface area contributed by atoms with Crippen LogP contribution in [0.5, 0.6) is 0 Å². The van der Waals surface area contributed by atoms with Crippen molar-refractivity contribution in [1.29, 1.82) is 0 Å². The van der Waals surface area contributed by atoms with Gasteiger partial charge in [-0.05, 0) is 29.5 Å². The Kier molecular flexibility index (Phi) is 6.36. The Bertz CT molecular complexity index is 666. The van der Waals surface area contributed by atoms with Crippen LogP contribution in [-0.2, 0) is 4.79 Å². The number of nitrogens with zero attached hydrogens (tertiary/aromatic N) is 2. The first-order valence-corrected chi connectivity index (χ1v) is 7.03. The lowest BCUT2D eigenvalue weighted by Crippen LogP contribution is -2.33. The Morgan fingerprint density at radius 1 is 1.41 bits per heavy atom. The van der Waals surface area contributed by atoms with Gasteiger partial charge in [0.15, 0.2) is 0 Å². The third kappa shape index (κ3) is 3.77. The van der Waals surface area contributed by atoms with E-state index >= 15 is 0 Å². The number of carbonyl (C=O) groups excluding carboxylic acids is 2. The van der Waals surface area contributed by atoms with Gasteiger partial charge in [0.25, 0.3) is 16.8 Å². The van der Waals surface area contributed by atoms with E-state index in [4.69, 9.17) is 17.3 Å². The van der Waals surface area contributed by atoms with Gasteiger partial charge < -0.3 is 5.73 Å². The van der Waals surface area contributed by atoms with Gasteiger partial charge in [-0.25, -0.2) is 0 Å². The molecule has 1 fully saturated rings. The van der Waals surface area contributed by atoms with Crippen LogP contribution in [0, 0.1) is 10.1 Å². The van der Waals surface area contributed by atoms with Crippen molar-refractivity contribution in [3.8, 4) is 0 Å². The van der Waals surface area contributed by atoms with E-state index in [0.717, 1.165) is 16.7 Å². The van der Waals surface area contributed by atoms with Gasteiger partial charge >= 0.3 is 0 Å². The maximum atomic E-state index is 12.0. The zero-order chi connectivity index (χ0) is 15.6. The minimum absolute atomic E-state index is 0. The van der Waals surface area contributed by atoms with E-state index in [2.05, 4.69) is 0 Å². The fraction of sp³-hybridized carbons (Fsp3) is 0.167. The molecule has 118 valence electrons. The summed E-state index contributed by atoms with van der Waals surface area (Å²) in [6, 6.07) is 4.15. The molecule has 10 heteroatoms. The van der Waals surface area contributed by atoms with Crippen LogP contribution in [0.25, 0.3) is 6.08 Å². The molecule has 0 atom stereocenters. The maximum Gasteiger partial charge on any atom is 0.293 e. The molecule has 1 saturated heterocycles. The molecule has 0 spiro atoms. The van der Waals surface area contributed by atoms with Crippen LogP contribution < -0.4 is 5.73 Å². The number of nitro benzene ring substituents is 1. The number of hydrogen-bond donors (Lipinski definition) is 1. The Labute approximate surface area is 141 Å². The molecule has 0 saturated carbocycles. The lowest BCUT2D eigenvalue weighted by Gasteiger charge is -2.09. The number of nitro groups is 1. The van der Waals surface area contributed by atoms with Crippen molar-refractivity contribution in [2.45, 2.75) is 0 Å². The molecule has 0 radical (unpaired) electrons. The second-order valence-corrected chi connectivity index (χ2v) is 5.49. The van der Waals surface area contributed by atoms with Gasteiger partial charge in [0.05, 0.1) is 9.83 Å². The monoisotopic (exact) mass is 363 g/mol. The van der Waals surface area contributed by atoms with E-state index < -0.39 is 16.1 Å². The van der Waals surface area contributed by atoms with Gasteiger partial charge in [0, 0.05) is 19.2 Å². The first kappa shape index (κ1) is 18.4. The highest BCUT2D eigenvalue weighted by molar-refractivity contribution is 8.18. The van der Waals surface area contributed by atoms with Crippen LogP contribution in [0.1, 0.15) is 5.56 Å². The molecule has 1 heterocycles. The van der Waals surface area contributed by atoms with Crippen LogP contribution in [0.3, 0.4) is 0 Å². The molecule has 2 rings (SSSR count). The van der Waals surface area contributed by atoms with Gasteiger partial charge in [0.2, 0.25) is 0 Å². The molecule has 1 aromatic carbocycles. The van der Waals surface area contributed by atoms with Gasteiger partial charge in [-0.3, -0.25) is 24.6 Å². The SMILES string of the molecule is Cl.NCCN1C(=O)S/C(=C/c2ccc(Cl)c([N+](=O)[O-])c2)C1=O. The number of halogens is 2. The highest BCUT2D eigenvalue weighted by atomic mass is 35.5. The number of imide groups is 1. The molecule has 2 amide bonds. The topological polar surface area (TPSA) is 107 Å². The smallest absolute Gasteiger partial charge is 0.293 e. The summed E-state index contributed by atoms with van der Waals surface area (Å²) in [6.07, 6.45) is 1.42. The van der Waals surface area contributed by atoms with E-state index in [1.807, 2.05) is 0 Å². The Balaban J connectivity index is 0.00000242. The quantitative estimate of drug-likeness (QED) is 0.500. The highest BCUT2D eigenvalue weighted by Crippen LogP contribution is 2.33. The molecule has 1 aromatic rings. The zero-order valence-electron chi connectivity index (χ0n) is 11.0. The zero-order valence-corrected chi connectivity index (χ0v) is 13.4. The minimum Gasteiger partial charge on any atom is -0.329 e. The van der Waals surface area contributed by atoms with Crippen LogP contribution in [-0.4, -0.2) is 34.1 Å². The predicted molar refractivity (Wildman–Crippen MR) is 87.1 cm³/mol. The summed E-state index contributed by atoms with van der Waals surface area (Å²) in [5, 5.41) is 10.4. The molecule has 0 unspecified atom stereocenters. The van der Waals surface area contributed by atoms with Crippen molar-refractivity contribution >= 4 is 58.7 Å². The van der Waals surface area contributed by atoms with E-state index in [9.17, 15) is 19.7 Å². The van der Waals surface area contributed by atoms with Gasteiger partial charge in [-0.15, -0.1) is 12.4 Å². The Hall–Kier alpha value is -1.61. The first-order chi connectivity index (χ1) is 9.93. The van der Waals surface area contributed by atoms with E-state index in [1.54, 1.807) is 0 Å². The fourth-order valence-corrected chi connectivity index (χ4v) is 2.78. The van der Waals surface area contributed by atoms with Crippen LogP contribution in [0.4, 0.5) is 10.5 Å². The third-order valence-electron chi connectivity index (χ3n) is 2.69. The number of amides is 2. The van der Waals surface area contributed by atoms with Gasteiger partial charge in [-0.1, -0.05) is 17.7 Å². The number of benzene rings is 1. The number of thioether (sulfide) groups is 1. The maximum absolute atomic E-state index is 12.0. The van der Waals surface area contributed by atoms with E-state index in [0.29, 0.717) is 5.56 Å². The summed E-state index contributed by atoms with van der Waals surface area (Å²) in [7, 11) is 0. The average Bonchev–Trinajstić information content (AvgIpc) is 2.69. The predicted octanol–water partition coefficient (Wildman–Crippen LogP) is 2.67. The molecule has 7 nitrogen and oxygen atoms in total. The summed E-state index contributed by atoms with van der Waals surface area (Å²) in [6.45, 7) is 0.320. The molecule has 0 bridgehead atoms. The molecule has 0 aliphatic carbocycles. The summed E-state index contributed by atoms with van der Waals surface area (Å²) in [5.41, 5.74) is 5.50. The normalized spacial score (nSPS) is 16.1. The summed E-state index contributed by atoms with van der Waals surface area (Å²) in [5.74, 6) is -0.451. The fourth-order valence-electron chi connectivity index (χ4n) is 1.73. The first-order valence-electron chi connectivity index (χ1n) is 5.83. The Morgan fingerprint density at radius 3 is 2.68 bits per heavy atom. The number of hydrogen-bond acceptors (Lipinski definition) is 6. The average molecular weight is 364 g/mol. The summed E-state index contributed by atoms with van der Waals surface area (Å²) in [4.78, 5) is 35.1. The van der Waals surface area contributed by atoms with Gasteiger partial charge in [-0.2, -0.15) is 0 Å². The third-order valence-corrected chi connectivity index (χ3v) is 3.92. The summed E-state index contributed by atoms with van der Waals surface area (Å²) < 4.78 is 0. The largest absolute Gasteiger partial charge is 0.329 e. The van der Waals surface area contributed by atoms with E-state index in [-0.39, 0.29) is 41.1 Å². The van der Waals surface area contributed by atoms with Crippen molar-refractivity contribution in [1.82, 2.24) is 4.90 Å². The van der Waals surface area contributed by atoms with E-state index in [1.165, 1.54) is 24.3 Å². The molecule has 0 aromatic heterocycles. The lowest BCUT2D eigenvalue weighted by atomic mass is 10.2. The van der Waals surface area contributed by atoms with Crippen molar-refractivity contribution in [2.75, 3.05) is 13.1 Å². The van der Waals surface area contributed by atoms with Crippen molar-refractivity contribution in [3.05, 3.63) is 43.8 Å². The minimum atomic E-state index is -0.611. The Morgan fingerprint density at radius 2 is 2.09 bits per heavy atom. The molecule has 2 N–H and O–H groups in total. The standard InChI is InChI=1S/C12H10ClN3O4S.ClH/c13-8-2-1-7(5-9(8)16(19)20)6-10-11(17)15(4-3-14)12(18)21-10;/h1-2,5-6H,3-4,14H2;1H/b10-6+;. The second-order valence-electron chi connectivity index (χ2n) is 4.09. The summed E-state index contributed by atoms with van der Waals surface area (Å²) >= 11 is 6.49. The molecular weight excluding hydrogens is 353 g/mol. The number of carbonyl (C=O) groups is 2. The highest BCUT2D eigenvalue weighted by Gasteiger charge is 2.34. The molecular formula is C12H11Cl2N3O4S. The van der Waals surface area contributed by atoms with Crippen molar-refractivity contribution < 1.29 is 14.5 Å². The molecule has 22 heavy (non-hydrogen) atoms. The van der Waals surface area contributed by atoms with Crippen molar-refractivity contribution in [2.24, 2.45) is 5.73 Å². The lowest BCUT2D eigenvalue weighted by molar-refractivity contribution is -0.384. The van der Waals surface area contributed by atoms with Crippen LogP contribution in [0.2, 0.25) is 5.02 Å². The molecule has 1 aliphatic rings.